The standard InChI is InChI=1S/C30H48FNO3S/c1-3-4-5-6-7-8-9-10-11-12-13-14-15-20-28(33)36-25-21-23-32(24-22-25)29(30(34)35-2)26-18-16-17-19-27(26)31/h16-19,25,29H,3-15,20-24H2,1-2H3. The highest BCUT2D eigenvalue weighted by Gasteiger charge is 2.34. The van der Waals surface area contributed by atoms with Crippen molar-refractivity contribution in [3.8, 4) is 0 Å². The Morgan fingerprint density at radius 1 is 0.917 bits per heavy atom. The highest BCUT2D eigenvalue weighted by Crippen LogP contribution is 2.32. The minimum Gasteiger partial charge on any atom is -0.468 e. The molecule has 36 heavy (non-hydrogen) atoms. The number of methoxy groups -OCH3 is 1. The zero-order valence-corrected chi connectivity index (χ0v) is 23.5. The maximum absolute atomic E-state index is 14.4. The topological polar surface area (TPSA) is 46.6 Å². The number of piperidine rings is 1. The Hall–Kier alpha value is -1.40. The first-order chi connectivity index (χ1) is 17.6. The number of carbonyl (C=O) groups is 2. The average molecular weight is 522 g/mol. The van der Waals surface area contributed by atoms with Gasteiger partial charge >= 0.3 is 5.97 Å². The molecule has 1 unspecified atom stereocenters. The predicted octanol–water partition coefficient (Wildman–Crippen LogP) is 8.25. The summed E-state index contributed by atoms with van der Waals surface area (Å²) in [6.07, 6.45) is 19.3. The second kappa shape index (κ2) is 18.8. The molecule has 0 aromatic heterocycles. The molecule has 1 atom stereocenters. The van der Waals surface area contributed by atoms with E-state index in [1.807, 2.05) is 4.90 Å². The van der Waals surface area contributed by atoms with E-state index in [1.165, 1.54) is 95.6 Å². The molecule has 0 saturated carbocycles. The van der Waals surface area contributed by atoms with Crippen LogP contribution in [0.5, 0.6) is 0 Å². The van der Waals surface area contributed by atoms with Gasteiger partial charge in [-0.3, -0.25) is 9.69 Å². The van der Waals surface area contributed by atoms with Crippen molar-refractivity contribution in [2.75, 3.05) is 20.2 Å². The number of hydrogen-bond acceptors (Lipinski definition) is 5. The van der Waals surface area contributed by atoms with Crippen LogP contribution in [0.3, 0.4) is 0 Å². The molecule has 1 aliphatic rings. The molecule has 2 rings (SSSR count). The van der Waals surface area contributed by atoms with Crippen LogP contribution in [0.15, 0.2) is 24.3 Å². The maximum atomic E-state index is 14.4. The largest absolute Gasteiger partial charge is 0.468 e. The van der Waals surface area contributed by atoms with Crippen molar-refractivity contribution in [3.05, 3.63) is 35.6 Å². The van der Waals surface area contributed by atoms with E-state index in [-0.39, 0.29) is 10.4 Å². The number of thioether (sulfide) groups is 1. The molecule has 0 N–H and O–H groups in total. The summed E-state index contributed by atoms with van der Waals surface area (Å²) in [5.41, 5.74) is 0.355. The first-order valence-electron chi connectivity index (χ1n) is 14.3. The van der Waals surface area contributed by atoms with Gasteiger partial charge in [0.15, 0.2) is 5.12 Å². The quantitative estimate of drug-likeness (QED) is 0.144. The summed E-state index contributed by atoms with van der Waals surface area (Å²) in [5, 5.41) is 0.560. The minimum atomic E-state index is -0.733. The zero-order chi connectivity index (χ0) is 26.0. The van der Waals surface area contributed by atoms with E-state index >= 15 is 0 Å². The van der Waals surface area contributed by atoms with Gasteiger partial charge in [0.25, 0.3) is 0 Å². The van der Waals surface area contributed by atoms with Crippen molar-refractivity contribution in [2.45, 2.75) is 121 Å². The van der Waals surface area contributed by atoms with Crippen LogP contribution in [0.4, 0.5) is 4.39 Å². The third-order valence-corrected chi connectivity index (χ3v) is 8.52. The van der Waals surface area contributed by atoms with Crippen LogP contribution in [0, 0.1) is 5.82 Å². The predicted molar refractivity (Wildman–Crippen MR) is 149 cm³/mol. The van der Waals surface area contributed by atoms with E-state index in [1.54, 1.807) is 18.2 Å². The number of halogens is 1. The molecule has 0 amide bonds. The normalized spacial score (nSPS) is 15.6. The number of ether oxygens (including phenoxy) is 1. The van der Waals surface area contributed by atoms with Crippen LogP contribution in [0.1, 0.15) is 121 Å². The van der Waals surface area contributed by atoms with Gasteiger partial charge in [-0.2, -0.15) is 0 Å². The van der Waals surface area contributed by atoms with Gasteiger partial charge in [0.2, 0.25) is 0 Å². The summed E-state index contributed by atoms with van der Waals surface area (Å²) in [6.45, 7) is 3.57. The molecule has 1 saturated heterocycles. The Labute approximate surface area is 223 Å². The van der Waals surface area contributed by atoms with Crippen molar-refractivity contribution >= 4 is 22.8 Å². The molecule has 1 heterocycles. The van der Waals surface area contributed by atoms with Crippen LogP contribution in [0.25, 0.3) is 0 Å². The van der Waals surface area contributed by atoms with Crippen molar-refractivity contribution in [3.63, 3.8) is 0 Å². The summed E-state index contributed by atoms with van der Waals surface area (Å²) in [7, 11) is 1.34. The van der Waals surface area contributed by atoms with E-state index in [0.29, 0.717) is 25.1 Å². The van der Waals surface area contributed by atoms with Gasteiger partial charge in [-0.25, -0.2) is 9.18 Å². The van der Waals surface area contributed by atoms with Gasteiger partial charge in [0.1, 0.15) is 11.9 Å². The lowest BCUT2D eigenvalue weighted by atomic mass is 10.0. The molecule has 6 heteroatoms. The monoisotopic (exact) mass is 521 g/mol. The van der Waals surface area contributed by atoms with E-state index in [2.05, 4.69) is 6.92 Å². The summed E-state index contributed by atoms with van der Waals surface area (Å²) in [4.78, 5) is 26.9. The average Bonchev–Trinajstić information content (AvgIpc) is 2.89. The van der Waals surface area contributed by atoms with Gasteiger partial charge in [-0.1, -0.05) is 114 Å². The first kappa shape index (κ1) is 30.8. The molecule has 1 fully saturated rings. The van der Waals surface area contributed by atoms with Gasteiger partial charge in [0, 0.05) is 30.3 Å². The molecule has 4 nitrogen and oxygen atoms in total. The number of esters is 1. The zero-order valence-electron chi connectivity index (χ0n) is 22.7. The van der Waals surface area contributed by atoms with Crippen molar-refractivity contribution in [2.24, 2.45) is 0 Å². The number of benzene rings is 1. The summed E-state index contributed by atoms with van der Waals surface area (Å²) in [5.74, 6) is -0.831. The fraction of sp³-hybridized carbons (Fsp3) is 0.733. The number of carbonyl (C=O) groups excluding carboxylic acids is 2. The SMILES string of the molecule is CCCCCCCCCCCCCCCC(=O)SC1CCN(C(C(=O)OC)c2ccccc2F)CC1. The molecule has 0 spiro atoms. The first-order valence-corrected chi connectivity index (χ1v) is 15.2. The highest BCUT2D eigenvalue weighted by molar-refractivity contribution is 8.14. The molecule has 0 radical (unpaired) electrons. The van der Waals surface area contributed by atoms with Crippen LogP contribution in [0.2, 0.25) is 0 Å². The number of likely N-dealkylation sites (tertiary alicyclic amines) is 1. The second-order valence-electron chi connectivity index (χ2n) is 10.2. The van der Waals surface area contributed by atoms with Crippen LogP contribution < -0.4 is 0 Å². The number of nitrogens with zero attached hydrogens (tertiary/aromatic N) is 1. The Bertz CT molecular complexity index is 751. The third-order valence-electron chi connectivity index (χ3n) is 7.25. The molecule has 1 aliphatic heterocycles. The summed E-state index contributed by atoms with van der Waals surface area (Å²) < 4.78 is 19.3. The Balaban J connectivity index is 1.55. The molecule has 1 aromatic rings. The lowest BCUT2D eigenvalue weighted by Crippen LogP contribution is -2.41. The third kappa shape index (κ3) is 11.8. The lowest BCUT2D eigenvalue weighted by molar-refractivity contribution is -0.147. The van der Waals surface area contributed by atoms with Gasteiger partial charge in [-0.05, 0) is 25.3 Å². The molecule has 0 aliphatic carbocycles. The van der Waals surface area contributed by atoms with E-state index < -0.39 is 17.8 Å². The van der Waals surface area contributed by atoms with Crippen LogP contribution in [-0.2, 0) is 14.3 Å². The maximum Gasteiger partial charge on any atom is 0.327 e. The van der Waals surface area contributed by atoms with Crippen molar-refractivity contribution in [1.82, 2.24) is 4.90 Å². The van der Waals surface area contributed by atoms with Gasteiger partial charge < -0.3 is 4.74 Å². The highest BCUT2D eigenvalue weighted by atomic mass is 32.2. The van der Waals surface area contributed by atoms with E-state index in [0.717, 1.165) is 25.7 Å². The molecular weight excluding hydrogens is 473 g/mol. The number of hydrogen-bond donors (Lipinski definition) is 0. The Kier molecular flexibility index (Phi) is 16.1. The van der Waals surface area contributed by atoms with Crippen LogP contribution >= 0.6 is 11.8 Å². The molecular formula is C30H48FNO3S. The van der Waals surface area contributed by atoms with Crippen molar-refractivity contribution < 1.29 is 18.7 Å². The number of rotatable bonds is 18. The molecule has 1 aromatic carbocycles. The lowest BCUT2D eigenvalue weighted by Gasteiger charge is -2.36. The second-order valence-corrected chi connectivity index (χ2v) is 11.5. The van der Waals surface area contributed by atoms with Crippen molar-refractivity contribution in [1.29, 1.82) is 0 Å². The molecule has 0 bridgehead atoms. The van der Waals surface area contributed by atoms with E-state index in [9.17, 15) is 14.0 Å². The minimum absolute atomic E-state index is 0.273. The number of unbranched alkanes of at least 4 members (excludes halogenated alkanes) is 12. The van der Waals surface area contributed by atoms with Gasteiger partial charge in [0.05, 0.1) is 7.11 Å². The van der Waals surface area contributed by atoms with E-state index in [4.69, 9.17) is 4.74 Å². The Morgan fingerprint density at radius 3 is 1.97 bits per heavy atom. The fourth-order valence-electron chi connectivity index (χ4n) is 5.06. The smallest absolute Gasteiger partial charge is 0.327 e. The van der Waals surface area contributed by atoms with Crippen LogP contribution in [-0.4, -0.2) is 41.4 Å². The summed E-state index contributed by atoms with van der Waals surface area (Å²) in [6, 6.07) is 5.66. The summed E-state index contributed by atoms with van der Waals surface area (Å²) >= 11 is 1.48. The molecule has 204 valence electrons. The Morgan fingerprint density at radius 2 is 1.44 bits per heavy atom. The van der Waals surface area contributed by atoms with Gasteiger partial charge in [-0.15, -0.1) is 0 Å². The fourth-order valence-corrected chi connectivity index (χ4v) is 6.15.